The molecule has 0 aliphatic carbocycles. The number of piperidine rings is 1. The number of hydrogen-bond donors (Lipinski definition) is 0. The zero-order valence-electron chi connectivity index (χ0n) is 15.8. The van der Waals surface area contributed by atoms with Gasteiger partial charge in [-0.25, -0.2) is 0 Å². The minimum absolute atomic E-state index is 0.0756. The number of nitrogens with zero attached hydrogens (tertiary/aromatic N) is 3. The lowest BCUT2D eigenvalue weighted by Crippen LogP contribution is -2.31. The summed E-state index contributed by atoms with van der Waals surface area (Å²) in [6.45, 7) is 3.77. The lowest BCUT2D eigenvalue weighted by molar-refractivity contribution is -0.757. The van der Waals surface area contributed by atoms with Crippen LogP contribution < -0.4 is 4.74 Å². The molecule has 0 bridgehead atoms. The molecule has 152 valence electrons. The molecule has 0 atom stereocenters. The molecule has 0 saturated carbocycles. The minimum Gasteiger partial charge on any atom is -0.494 e. The highest BCUT2D eigenvalue weighted by Crippen LogP contribution is 2.27. The van der Waals surface area contributed by atoms with Gasteiger partial charge in [-0.2, -0.15) is 0 Å². The average molecular weight is 391 g/mol. The van der Waals surface area contributed by atoms with E-state index >= 15 is 0 Å². The van der Waals surface area contributed by atoms with Gasteiger partial charge in [-0.1, -0.05) is 6.42 Å². The van der Waals surface area contributed by atoms with Crippen LogP contribution in [0, 0.1) is 10.1 Å². The first-order valence-corrected chi connectivity index (χ1v) is 9.69. The van der Waals surface area contributed by atoms with Crippen molar-refractivity contribution in [3.63, 3.8) is 0 Å². The average Bonchev–Trinajstić information content (AvgIpc) is 2.93. The van der Waals surface area contributed by atoms with Gasteiger partial charge >= 0.3 is 0 Å². The van der Waals surface area contributed by atoms with E-state index in [0.717, 1.165) is 31.0 Å². The molecular weight excluding hydrogens is 366 g/mol. The first kappa shape index (κ1) is 20.1. The molecule has 9 nitrogen and oxygen atoms in total. The number of ether oxygens (including phenoxy) is 1. The number of carbonyl (C=O) groups excluding carboxylic acids is 2. The Balaban J connectivity index is 1.48. The van der Waals surface area contributed by atoms with Crippen LogP contribution in [0.2, 0.25) is 0 Å². The van der Waals surface area contributed by atoms with Crippen LogP contribution >= 0.6 is 0 Å². The standard InChI is InChI=1S/C19H25N3O6/c23-18-16-7-6-15(27-12-4-10-20-8-2-1-3-9-20)14-17(16)19(24)21(18)11-5-13-28-22(25)26/h6-7,14H,1-5,8-13H2. The predicted molar refractivity (Wildman–Crippen MR) is 99.8 cm³/mol. The van der Waals surface area contributed by atoms with Crippen LogP contribution in [0.1, 0.15) is 52.8 Å². The van der Waals surface area contributed by atoms with E-state index in [2.05, 4.69) is 9.74 Å². The maximum absolute atomic E-state index is 12.5. The van der Waals surface area contributed by atoms with Crippen molar-refractivity contribution < 1.29 is 24.3 Å². The highest BCUT2D eigenvalue weighted by Gasteiger charge is 2.35. The Morgan fingerprint density at radius 2 is 1.68 bits per heavy atom. The van der Waals surface area contributed by atoms with Crippen molar-refractivity contribution in [2.45, 2.75) is 32.1 Å². The van der Waals surface area contributed by atoms with E-state index in [1.807, 2.05) is 0 Å². The topological polar surface area (TPSA) is 102 Å². The molecule has 9 heteroatoms. The Hall–Kier alpha value is -2.68. The van der Waals surface area contributed by atoms with Crippen LogP contribution in [-0.4, -0.2) is 66.1 Å². The maximum Gasteiger partial charge on any atom is 0.294 e. The minimum atomic E-state index is -0.892. The molecule has 3 rings (SSSR count). The number of fused-ring (bicyclic) bond motifs is 1. The second-order valence-electron chi connectivity index (χ2n) is 6.98. The normalized spacial score (nSPS) is 16.9. The van der Waals surface area contributed by atoms with Crippen molar-refractivity contribution in [2.24, 2.45) is 0 Å². The summed E-state index contributed by atoms with van der Waals surface area (Å²) in [5, 5.41) is 9.27. The molecule has 1 aromatic carbocycles. The van der Waals surface area contributed by atoms with Crippen molar-refractivity contribution in [2.75, 3.05) is 39.4 Å². The van der Waals surface area contributed by atoms with Gasteiger partial charge in [0.1, 0.15) is 5.75 Å². The van der Waals surface area contributed by atoms with Crippen molar-refractivity contribution in [3.05, 3.63) is 39.4 Å². The van der Waals surface area contributed by atoms with Gasteiger partial charge < -0.3 is 14.5 Å². The summed E-state index contributed by atoms with van der Waals surface area (Å²) in [5.41, 5.74) is 0.648. The third-order valence-corrected chi connectivity index (χ3v) is 5.00. The Morgan fingerprint density at radius 1 is 0.964 bits per heavy atom. The maximum atomic E-state index is 12.5. The van der Waals surface area contributed by atoms with Crippen LogP contribution in [0.3, 0.4) is 0 Å². The summed E-state index contributed by atoms with van der Waals surface area (Å²) in [4.78, 5) is 42.8. The highest BCUT2D eigenvalue weighted by atomic mass is 16.9. The van der Waals surface area contributed by atoms with Crippen LogP contribution in [0.25, 0.3) is 0 Å². The Bertz CT molecular complexity index is 732. The van der Waals surface area contributed by atoms with E-state index in [-0.39, 0.29) is 19.6 Å². The molecule has 2 aliphatic heterocycles. The van der Waals surface area contributed by atoms with Gasteiger partial charge in [0, 0.05) is 13.1 Å². The number of carbonyl (C=O) groups is 2. The van der Waals surface area contributed by atoms with Crippen LogP contribution in [0.5, 0.6) is 5.75 Å². The van der Waals surface area contributed by atoms with Crippen molar-refractivity contribution in [1.29, 1.82) is 0 Å². The largest absolute Gasteiger partial charge is 0.494 e. The van der Waals surface area contributed by atoms with E-state index in [9.17, 15) is 19.7 Å². The zero-order valence-corrected chi connectivity index (χ0v) is 15.8. The first-order chi connectivity index (χ1) is 13.6. The zero-order chi connectivity index (χ0) is 19.9. The van der Waals surface area contributed by atoms with Gasteiger partial charge in [-0.05, 0) is 57.0 Å². The molecule has 0 unspecified atom stereocenters. The Kier molecular flexibility index (Phi) is 6.80. The lowest BCUT2D eigenvalue weighted by Gasteiger charge is -2.26. The molecule has 1 fully saturated rings. The summed E-state index contributed by atoms with van der Waals surface area (Å²) in [5.74, 6) is -0.227. The van der Waals surface area contributed by atoms with E-state index in [1.165, 1.54) is 19.3 Å². The van der Waals surface area contributed by atoms with Crippen molar-refractivity contribution in [1.82, 2.24) is 9.80 Å². The fourth-order valence-electron chi connectivity index (χ4n) is 3.59. The number of imide groups is 1. The summed E-state index contributed by atoms with van der Waals surface area (Å²) in [6.07, 6.45) is 4.94. The molecule has 2 heterocycles. The third kappa shape index (κ3) is 4.98. The summed E-state index contributed by atoms with van der Waals surface area (Å²) in [6, 6.07) is 4.90. The SMILES string of the molecule is O=C1c2ccc(OCCCN3CCCCC3)cc2C(=O)N1CCCO[N+](=O)[O-]. The Labute approximate surface area is 163 Å². The smallest absolute Gasteiger partial charge is 0.294 e. The quantitative estimate of drug-likeness (QED) is 0.261. The molecule has 0 N–H and O–H groups in total. The van der Waals surface area contributed by atoms with E-state index in [4.69, 9.17) is 4.74 Å². The third-order valence-electron chi connectivity index (χ3n) is 5.00. The molecular formula is C19H25N3O6. The van der Waals surface area contributed by atoms with Gasteiger partial charge in [0.2, 0.25) is 0 Å². The number of benzene rings is 1. The summed E-state index contributed by atoms with van der Waals surface area (Å²) >= 11 is 0. The molecule has 0 spiro atoms. The highest BCUT2D eigenvalue weighted by molar-refractivity contribution is 6.21. The summed E-state index contributed by atoms with van der Waals surface area (Å²) in [7, 11) is 0. The second kappa shape index (κ2) is 9.50. The lowest BCUT2D eigenvalue weighted by atomic mass is 10.1. The fourth-order valence-corrected chi connectivity index (χ4v) is 3.59. The van der Waals surface area contributed by atoms with Crippen molar-refractivity contribution in [3.8, 4) is 5.75 Å². The van der Waals surface area contributed by atoms with Gasteiger partial charge in [-0.15, -0.1) is 10.1 Å². The predicted octanol–water partition coefficient (Wildman–Crippen LogP) is 2.14. The first-order valence-electron chi connectivity index (χ1n) is 9.69. The fraction of sp³-hybridized carbons (Fsp3) is 0.579. The number of rotatable bonds is 10. The molecule has 1 saturated heterocycles. The van der Waals surface area contributed by atoms with E-state index in [0.29, 0.717) is 23.5 Å². The monoisotopic (exact) mass is 391 g/mol. The molecule has 2 aliphatic rings. The van der Waals surface area contributed by atoms with E-state index < -0.39 is 16.9 Å². The van der Waals surface area contributed by atoms with Gasteiger partial charge in [-0.3, -0.25) is 14.5 Å². The molecule has 28 heavy (non-hydrogen) atoms. The second-order valence-corrected chi connectivity index (χ2v) is 6.98. The van der Waals surface area contributed by atoms with Crippen LogP contribution in [0.15, 0.2) is 18.2 Å². The van der Waals surface area contributed by atoms with Crippen LogP contribution in [-0.2, 0) is 4.84 Å². The van der Waals surface area contributed by atoms with Gasteiger partial charge in [0.25, 0.3) is 16.9 Å². The van der Waals surface area contributed by atoms with Crippen molar-refractivity contribution >= 4 is 11.8 Å². The van der Waals surface area contributed by atoms with E-state index in [1.54, 1.807) is 18.2 Å². The van der Waals surface area contributed by atoms with Gasteiger partial charge in [0.05, 0.1) is 24.3 Å². The van der Waals surface area contributed by atoms with Gasteiger partial charge in [0.15, 0.2) is 0 Å². The Morgan fingerprint density at radius 3 is 2.43 bits per heavy atom. The molecule has 2 amide bonds. The molecule has 0 aromatic heterocycles. The number of amides is 2. The number of likely N-dealkylation sites (tertiary alicyclic amines) is 1. The molecule has 1 aromatic rings. The summed E-state index contributed by atoms with van der Waals surface area (Å²) < 4.78 is 5.76. The van der Waals surface area contributed by atoms with Crippen LogP contribution in [0.4, 0.5) is 0 Å². The number of hydrogen-bond acceptors (Lipinski definition) is 7. The molecule has 0 radical (unpaired) electrons.